The first-order valence-corrected chi connectivity index (χ1v) is 16.6. The monoisotopic (exact) mass is 491 g/mol. The van der Waals surface area contributed by atoms with Crippen LogP contribution in [0.15, 0.2) is 121 Å². The summed E-state index contributed by atoms with van der Waals surface area (Å²) in [4.78, 5) is 0. The van der Waals surface area contributed by atoms with Gasteiger partial charge >= 0.3 is 5.66 Å². The summed E-state index contributed by atoms with van der Waals surface area (Å²) in [5, 5.41) is 1.91. The van der Waals surface area contributed by atoms with Crippen LogP contribution in [0.1, 0.15) is 11.7 Å². The Morgan fingerprint density at radius 1 is 0.588 bits per heavy atom. The van der Waals surface area contributed by atoms with Crippen LogP contribution in [0.25, 0.3) is 0 Å². The first kappa shape index (κ1) is 24.5. The molecule has 4 aromatic carbocycles. The molecule has 5 heteroatoms. The molecule has 34 heavy (non-hydrogen) atoms. The lowest BCUT2D eigenvalue weighted by molar-refractivity contribution is -0.0304. The average molecular weight is 492 g/mol. The van der Waals surface area contributed by atoms with E-state index in [1.54, 1.807) is 24.3 Å². The summed E-state index contributed by atoms with van der Waals surface area (Å²) in [7, 11) is -5.86. The number of hydrogen-bond donors (Lipinski definition) is 0. The van der Waals surface area contributed by atoms with Crippen LogP contribution in [0, 0.1) is 0 Å². The van der Waals surface area contributed by atoms with Gasteiger partial charge in [0.1, 0.15) is 15.9 Å². The van der Waals surface area contributed by atoms with E-state index in [1.807, 2.05) is 117 Å². The fourth-order valence-corrected chi connectivity index (χ4v) is 9.84. The minimum atomic E-state index is -3.50. The molecule has 0 bridgehead atoms. The molecule has 1 nitrogen and oxygen atoms in total. The van der Waals surface area contributed by atoms with Gasteiger partial charge in [0.15, 0.2) is 21.7 Å². The molecule has 0 aromatic heterocycles. The van der Waals surface area contributed by atoms with Gasteiger partial charge in [-0.05, 0) is 61.6 Å². The first-order valence-electron chi connectivity index (χ1n) is 11.4. The zero-order valence-corrected chi connectivity index (χ0v) is 21.6. The lowest BCUT2D eigenvalue weighted by Crippen LogP contribution is -2.48. The van der Waals surface area contributed by atoms with Crippen LogP contribution in [0.4, 0.5) is 8.78 Å². The van der Waals surface area contributed by atoms with Gasteiger partial charge in [-0.25, -0.2) is 0 Å². The van der Waals surface area contributed by atoms with E-state index in [0.717, 1.165) is 0 Å². The van der Waals surface area contributed by atoms with E-state index in [-0.39, 0.29) is 0 Å². The molecule has 174 valence electrons. The number of benzene rings is 4. The maximum Gasteiger partial charge on any atom is 0.395 e. The van der Waals surface area contributed by atoms with Crippen molar-refractivity contribution in [3.05, 3.63) is 127 Å². The van der Waals surface area contributed by atoms with Crippen LogP contribution < -0.4 is 15.9 Å². The maximum absolute atomic E-state index is 17.6. The molecule has 0 radical (unpaired) electrons. The SMILES string of the molecule is C[Si](C)(C)OC(c1ccccc1)C(F)(F)[P+](c1ccccc1)(c1ccccc1)c1ccccc1. The Bertz CT molecular complexity index is 1080. The van der Waals surface area contributed by atoms with Gasteiger partial charge < -0.3 is 4.43 Å². The van der Waals surface area contributed by atoms with Crippen molar-refractivity contribution in [3.8, 4) is 0 Å². The van der Waals surface area contributed by atoms with Crippen molar-refractivity contribution in [2.24, 2.45) is 0 Å². The van der Waals surface area contributed by atoms with Gasteiger partial charge in [-0.3, -0.25) is 0 Å². The van der Waals surface area contributed by atoms with Gasteiger partial charge in [-0.1, -0.05) is 84.9 Å². The van der Waals surface area contributed by atoms with Gasteiger partial charge in [-0.2, -0.15) is 8.78 Å². The highest BCUT2D eigenvalue weighted by Crippen LogP contribution is 2.71. The topological polar surface area (TPSA) is 9.23 Å². The van der Waals surface area contributed by atoms with Crippen molar-refractivity contribution in [2.75, 3.05) is 0 Å². The third-order valence-electron chi connectivity index (χ3n) is 5.77. The highest BCUT2D eigenvalue weighted by Gasteiger charge is 2.70. The van der Waals surface area contributed by atoms with E-state index in [9.17, 15) is 0 Å². The van der Waals surface area contributed by atoms with Crippen molar-refractivity contribution >= 4 is 31.5 Å². The van der Waals surface area contributed by atoms with Crippen LogP contribution in [0.5, 0.6) is 0 Å². The molecular formula is C29H30F2OPSi+. The zero-order chi connectivity index (χ0) is 24.2. The van der Waals surface area contributed by atoms with Gasteiger partial charge in [-0.15, -0.1) is 0 Å². The van der Waals surface area contributed by atoms with Crippen LogP contribution in [0.3, 0.4) is 0 Å². The fraction of sp³-hybridized carbons (Fsp3) is 0.172. The number of rotatable bonds is 8. The quantitative estimate of drug-likeness (QED) is 0.188. The fourth-order valence-electron chi connectivity index (χ4n) is 4.42. The molecule has 4 aromatic rings. The molecule has 0 saturated heterocycles. The second-order valence-electron chi connectivity index (χ2n) is 9.29. The van der Waals surface area contributed by atoms with E-state index in [1.165, 1.54) is 0 Å². The largest absolute Gasteiger partial charge is 0.402 e. The summed E-state index contributed by atoms with van der Waals surface area (Å²) in [6.45, 7) is 5.89. The Morgan fingerprint density at radius 2 is 0.912 bits per heavy atom. The number of alkyl halides is 2. The predicted molar refractivity (Wildman–Crippen MR) is 144 cm³/mol. The lowest BCUT2D eigenvalue weighted by Gasteiger charge is -2.40. The average Bonchev–Trinajstić information content (AvgIpc) is 2.85. The smallest absolute Gasteiger partial charge is 0.395 e. The third-order valence-corrected chi connectivity index (χ3v) is 11.1. The molecule has 1 unspecified atom stereocenters. The predicted octanol–water partition coefficient (Wildman–Crippen LogP) is 7.17. The van der Waals surface area contributed by atoms with Crippen LogP contribution in [-0.2, 0) is 4.43 Å². The summed E-state index contributed by atoms with van der Waals surface area (Å²) in [6, 6.07) is 36.8. The number of hydrogen-bond acceptors (Lipinski definition) is 1. The zero-order valence-electron chi connectivity index (χ0n) is 19.7. The molecule has 0 amide bonds. The molecule has 0 aliphatic rings. The van der Waals surface area contributed by atoms with Gasteiger partial charge in [0.2, 0.25) is 0 Å². The minimum absolute atomic E-state index is 0.502. The summed E-state index contributed by atoms with van der Waals surface area (Å²) >= 11 is 0. The Labute approximate surface area is 202 Å². The highest BCUT2D eigenvalue weighted by atomic mass is 31.2. The lowest BCUT2D eigenvalue weighted by atomic mass is 10.1. The van der Waals surface area contributed by atoms with E-state index in [2.05, 4.69) is 0 Å². The summed E-state index contributed by atoms with van der Waals surface area (Å²) < 4.78 is 41.6. The van der Waals surface area contributed by atoms with Crippen molar-refractivity contribution < 1.29 is 13.2 Å². The van der Waals surface area contributed by atoms with E-state index < -0.39 is 27.3 Å². The van der Waals surface area contributed by atoms with Gasteiger partial charge in [0.05, 0.1) is 0 Å². The van der Waals surface area contributed by atoms with Crippen LogP contribution in [0.2, 0.25) is 19.6 Å². The minimum Gasteiger partial charge on any atom is -0.402 e. The normalized spacial score (nSPS) is 13.4. The molecule has 0 spiro atoms. The van der Waals surface area contributed by atoms with Crippen molar-refractivity contribution in [1.29, 1.82) is 0 Å². The van der Waals surface area contributed by atoms with Crippen molar-refractivity contribution in [3.63, 3.8) is 0 Å². The van der Waals surface area contributed by atoms with Crippen LogP contribution in [-0.4, -0.2) is 14.0 Å². The first-order chi connectivity index (χ1) is 16.3. The second-order valence-corrected chi connectivity index (χ2v) is 17.2. The maximum atomic E-state index is 17.6. The second kappa shape index (κ2) is 9.91. The molecule has 0 saturated carbocycles. The summed E-state index contributed by atoms with van der Waals surface area (Å²) in [5.74, 6) is 0. The standard InChI is InChI=1S/C29H30F2OPSi/c1-34(2,3)32-28(24-16-8-4-9-17-24)29(30,31)33(25-18-10-5-11-19-25,26-20-12-6-13-21-26)27-22-14-7-15-23-27/h4-23,28H,1-3H3/q+1. The van der Waals surface area contributed by atoms with Gasteiger partial charge in [0, 0.05) is 0 Å². The van der Waals surface area contributed by atoms with E-state index in [0.29, 0.717) is 21.5 Å². The Morgan fingerprint density at radius 3 is 1.24 bits per heavy atom. The molecule has 0 fully saturated rings. The molecule has 4 rings (SSSR count). The molecule has 0 N–H and O–H groups in total. The molecule has 1 atom stereocenters. The summed E-state index contributed by atoms with van der Waals surface area (Å²) in [6.07, 6.45) is -1.38. The molecule has 0 aliphatic carbocycles. The van der Waals surface area contributed by atoms with Gasteiger partial charge in [0.25, 0.3) is 0 Å². The van der Waals surface area contributed by atoms with E-state index in [4.69, 9.17) is 4.43 Å². The van der Waals surface area contributed by atoms with Crippen molar-refractivity contribution in [1.82, 2.24) is 0 Å². The summed E-state index contributed by atoms with van der Waals surface area (Å²) in [5.41, 5.74) is -2.72. The highest BCUT2D eigenvalue weighted by molar-refractivity contribution is 7.96. The number of halogens is 2. The molecule has 0 heterocycles. The van der Waals surface area contributed by atoms with E-state index >= 15 is 8.78 Å². The Hall–Kier alpha value is -2.65. The Kier molecular flexibility index (Phi) is 7.13. The molecule has 0 aliphatic heterocycles. The third kappa shape index (κ3) is 4.63. The van der Waals surface area contributed by atoms with Crippen LogP contribution >= 0.6 is 7.26 Å². The van der Waals surface area contributed by atoms with Crippen molar-refractivity contribution in [2.45, 2.75) is 31.4 Å². The Balaban J connectivity index is 2.10. The molecular weight excluding hydrogens is 461 g/mol.